The molecule has 0 spiro atoms. The average molecular weight is 266 g/mol. The van der Waals surface area contributed by atoms with E-state index in [0.29, 0.717) is 18.8 Å². The van der Waals surface area contributed by atoms with E-state index < -0.39 is 10.0 Å². The Morgan fingerprint density at radius 2 is 2.17 bits per heavy atom. The van der Waals surface area contributed by atoms with Crippen LogP contribution in [0.25, 0.3) is 0 Å². The second-order valence-corrected chi connectivity index (χ2v) is 5.54. The highest BCUT2D eigenvalue weighted by Crippen LogP contribution is 2.04. The van der Waals surface area contributed by atoms with Gasteiger partial charge in [-0.3, -0.25) is 4.98 Å². The Balaban J connectivity index is 1.94. The van der Waals surface area contributed by atoms with Crippen molar-refractivity contribution in [2.24, 2.45) is 0 Å². The highest BCUT2D eigenvalue weighted by Gasteiger charge is 2.15. The summed E-state index contributed by atoms with van der Waals surface area (Å²) in [6, 6.07) is 5.55. The number of nitrogens with zero attached hydrogens (tertiary/aromatic N) is 2. The molecule has 0 aliphatic carbocycles. The zero-order valence-electron chi connectivity index (χ0n) is 9.92. The van der Waals surface area contributed by atoms with E-state index in [1.165, 1.54) is 6.20 Å². The lowest BCUT2D eigenvalue weighted by atomic mass is 10.3. The number of sulfonamides is 1. The van der Waals surface area contributed by atoms with Crippen LogP contribution in [-0.4, -0.2) is 29.9 Å². The molecule has 0 saturated carbocycles. The Morgan fingerprint density at radius 1 is 1.33 bits per heavy atom. The Labute approximate surface area is 106 Å². The summed E-state index contributed by atoms with van der Waals surface area (Å²) in [7, 11) is -3.51. The van der Waals surface area contributed by atoms with Crippen molar-refractivity contribution in [2.75, 3.05) is 6.54 Å². The lowest BCUT2D eigenvalue weighted by molar-refractivity contribution is 0.578. The number of aromatic amines is 1. The van der Waals surface area contributed by atoms with E-state index in [1.807, 2.05) is 18.2 Å². The summed E-state index contributed by atoms with van der Waals surface area (Å²) in [5, 5.41) is 0.0843. The van der Waals surface area contributed by atoms with Gasteiger partial charge in [-0.2, -0.15) is 0 Å². The monoisotopic (exact) mass is 266 g/mol. The van der Waals surface area contributed by atoms with Crippen LogP contribution in [0.5, 0.6) is 0 Å². The van der Waals surface area contributed by atoms with Crippen molar-refractivity contribution in [3.63, 3.8) is 0 Å². The number of pyridine rings is 1. The molecule has 0 aliphatic rings. The molecule has 2 heterocycles. The number of aryl methyl sites for hydroxylation is 1. The van der Waals surface area contributed by atoms with Gasteiger partial charge in [-0.15, -0.1) is 0 Å². The van der Waals surface area contributed by atoms with Gasteiger partial charge >= 0.3 is 0 Å². The maximum absolute atomic E-state index is 11.8. The summed E-state index contributed by atoms with van der Waals surface area (Å²) in [5.74, 6) is 0.570. The molecule has 0 bridgehead atoms. The summed E-state index contributed by atoms with van der Waals surface area (Å²) < 4.78 is 26.2. The number of imidazole rings is 1. The molecule has 2 aromatic heterocycles. The number of hydrogen-bond donors (Lipinski definition) is 2. The summed E-state index contributed by atoms with van der Waals surface area (Å²) in [4.78, 5) is 10.7. The topological polar surface area (TPSA) is 87.7 Å². The van der Waals surface area contributed by atoms with Crippen molar-refractivity contribution in [3.05, 3.63) is 42.1 Å². The van der Waals surface area contributed by atoms with Crippen molar-refractivity contribution in [1.82, 2.24) is 19.7 Å². The first-order valence-corrected chi connectivity index (χ1v) is 6.97. The van der Waals surface area contributed by atoms with Crippen LogP contribution in [0.1, 0.15) is 11.5 Å². The molecule has 0 atom stereocenters. The Bertz CT molecular complexity index is 607. The van der Waals surface area contributed by atoms with E-state index >= 15 is 0 Å². The summed E-state index contributed by atoms with van der Waals surface area (Å²) >= 11 is 0. The molecule has 0 fully saturated rings. The van der Waals surface area contributed by atoms with Crippen molar-refractivity contribution in [1.29, 1.82) is 0 Å². The van der Waals surface area contributed by atoms with Gasteiger partial charge in [0.15, 0.2) is 5.03 Å². The van der Waals surface area contributed by atoms with Gasteiger partial charge in [0.2, 0.25) is 0 Å². The third-order valence-electron chi connectivity index (χ3n) is 2.37. The highest BCUT2D eigenvalue weighted by molar-refractivity contribution is 7.89. The van der Waals surface area contributed by atoms with Crippen LogP contribution < -0.4 is 4.72 Å². The molecule has 0 radical (unpaired) electrons. The van der Waals surface area contributed by atoms with Crippen LogP contribution in [-0.2, 0) is 16.4 Å². The number of H-pyrrole nitrogens is 1. The van der Waals surface area contributed by atoms with Crippen molar-refractivity contribution in [3.8, 4) is 0 Å². The summed E-state index contributed by atoms with van der Waals surface area (Å²) in [6.07, 6.45) is 3.54. The minimum atomic E-state index is -3.51. The zero-order valence-corrected chi connectivity index (χ0v) is 10.7. The molecular formula is C11H14N4O2S. The van der Waals surface area contributed by atoms with Crippen molar-refractivity contribution >= 4 is 10.0 Å². The number of hydrogen-bond acceptors (Lipinski definition) is 4. The maximum Gasteiger partial charge on any atom is 0.257 e. The quantitative estimate of drug-likeness (QED) is 0.831. The average Bonchev–Trinajstić information content (AvgIpc) is 2.78. The van der Waals surface area contributed by atoms with Crippen LogP contribution in [0.15, 0.2) is 35.6 Å². The molecular weight excluding hydrogens is 252 g/mol. The van der Waals surface area contributed by atoms with Crippen LogP contribution in [0.2, 0.25) is 0 Å². The number of nitrogens with one attached hydrogen (secondary N) is 2. The second-order valence-electron chi connectivity index (χ2n) is 3.80. The predicted octanol–water partition coefficient (Wildman–Crippen LogP) is 0.634. The first-order chi connectivity index (χ1) is 8.58. The molecule has 7 heteroatoms. The van der Waals surface area contributed by atoms with Gasteiger partial charge in [-0.05, 0) is 19.1 Å². The van der Waals surface area contributed by atoms with Crippen LogP contribution in [0.4, 0.5) is 0 Å². The van der Waals surface area contributed by atoms with Gasteiger partial charge in [-0.1, -0.05) is 6.07 Å². The van der Waals surface area contributed by atoms with Crippen molar-refractivity contribution < 1.29 is 8.42 Å². The van der Waals surface area contributed by atoms with E-state index in [9.17, 15) is 8.42 Å². The lowest BCUT2D eigenvalue weighted by Crippen LogP contribution is -2.26. The summed E-state index contributed by atoms with van der Waals surface area (Å²) in [5.41, 5.74) is 0.848. The molecule has 96 valence electrons. The van der Waals surface area contributed by atoms with E-state index in [2.05, 4.69) is 19.7 Å². The second kappa shape index (κ2) is 5.28. The fourth-order valence-corrected chi connectivity index (χ4v) is 2.47. The van der Waals surface area contributed by atoms with Crippen molar-refractivity contribution in [2.45, 2.75) is 18.4 Å². The van der Waals surface area contributed by atoms with E-state index in [4.69, 9.17) is 0 Å². The fourth-order valence-electron chi connectivity index (χ4n) is 1.47. The minimum Gasteiger partial charge on any atom is -0.332 e. The predicted molar refractivity (Wildman–Crippen MR) is 66.5 cm³/mol. The molecule has 0 amide bonds. The standard InChI is InChI=1S/C11H14N4O2S/c1-9-13-8-11(15-9)18(16,17)14-7-5-10-4-2-3-6-12-10/h2-4,6,8,14H,5,7H2,1H3,(H,13,15). The molecule has 2 N–H and O–H groups in total. The lowest BCUT2D eigenvalue weighted by Gasteiger charge is -2.04. The highest BCUT2D eigenvalue weighted by atomic mass is 32.2. The molecule has 0 saturated heterocycles. The van der Waals surface area contributed by atoms with Crippen LogP contribution >= 0.6 is 0 Å². The van der Waals surface area contributed by atoms with Gasteiger partial charge in [0.1, 0.15) is 5.82 Å². The largest absolute Gasteiger partial charge is 0.332 e. The number of aromatic nitrogens is 3. The zero-order chi connectivity index (χ0) is 13.0. The van der Waals surface area contributed by atoms with Gasteiger partial charge < -0.3 is 4.98 Å². The van der Waals surface area contributed by atoms with Gasteiger partial charge in [0, 0.05) is 24.9 Å². The first-order valence-electron chi connectivity index (χ1n) is 5.49. The first kappa shape index (κ1) is 12.7. The van der Waals surface area contributed by atoms with Gasteiger partial charge in [0.25, 0.3) is 10.0 Å². The normalized spacial score (nSPS) is 11.6. The molecule has 0 unspecified atom stereocenters. The Kier molecular flexibility index (Phi) is 3.73. The third-order valence-corrected chi connectivity index (χ3v) is 3.74. The van der Waals surface area contributed by atoms with Crippen LogP contribution in [0.3, 0.4) is 0 Å². The molecule has 2 rings (SSSR count). The molecule has 0 aromatic carbocycles. The smallest absolute Gasteiger partial charge is 0.257 e. The van der Waals surface area contributed by atoms with Gasteiger partial charge in [0.05, 0.1) is 6.20 Å². The SMILES string of the molecule is Cc1ncc(S(=O)(=O)NCCc2ccccn2)[nH]1. The third kappa shape index (κ3) is 3.14. The van der Waals surface area contributed by atoms with E-state index in [0.717, 1.165) is 5.69 Å². The van der Waals surface area contributed by atoms with E-state index in [-0.39, 0.29) is 5.03 Å². The van der Waals surface area contributed by atoms with Crippen LogP contribution in [0, 0.1) is 6.92 Å². The Morgan fingerprint density at radius 3 is 2.78 bits per heavy atom. The fraction of sp³-hybridized carbons (Fsp3) is 0.273. The van der Waals surface area contributed by atoms with E-state index in [1.54, 1.807) is 13.1 Å². The molecule has 2 aromatic rings. The molecule has 0 aliphatic heterocycles. The Hall–Kier alpha value is -1.73. The maximum atomic E-state index is 11.8. The minimum absolute atomic E-state index is 0.0843. The molecule has 6 nitrogen and oxygen atoms in total. The number of rotatable bonds is 5. The molecule has 18 heavy (non-hydrogen) atoms. The summed E-state index contributed by atoms with van der Waals surface area (Å²) in [6.45, 7) is 2.00. The van der Waals surface area contributed by atoms with Gasteiger partial charge in [-0.25, -0.2) is 18.1 Å².